The third kappa shape index (κ3) is 2.73. The van der Waals surface area contributed by atoms with Crippen molar-refractivity contribution in [2.24, 2.45) is 0 Å². The Labute approximate surface area is 104 Å². The molecule has 0 aliphatic rings. The summed E-state index contributed by atoms with van der Waals surface area (Å²) in [7, 11) is 0. The molecule has 0 fully saturated rings. The molecule has 0 atom stereocenters. The predicted octanol–water partition coefficient (Wildman–Crippen LogP) is 2.72. The van der Waals surface area contributed by atoms with Crippen LogP contribution in [-0.4, -0.2) is 11.9 Å². The maximum Gasteiger partial charge on any atom is 0.344 e. The van der Waals surface area contributed by atoms with E-state index < -0.39 is 5.97 Å². The van der Waals surface area contributed by atoms with Crippen molar-refractivity contribution in [1.29, 1.82) is 0 Å². The number of carbonyl (C=O) groups is 1. The van der Waals surface area contributed by atoms with Crippen LogP contribution in [0.3, 0.4) is 0 Å². The molecule has 2 aromatic rings. The van der Waals surface area contributed by atoms with Crippen LogP contribution in [0, 0.1) is 0 Å². The van der Waals surface area contributed by atoms with Gasteiger partial charge in [0, 0.05) is 5.56 Å². The minimum atomic E-state index is -0.571. The Morgan fingerprint density at radius 3 is 1.83 bits per heavy atom. The third-order valence-corrected chi connectivity index (χ3v) is 2.33. The van der Waals surface area contributed by atoms with Crippen molar-refractivity contribution >= 4 is 17.7 Å². The van der Waals surface area contributed by atoms with E-state index in [4.69, 9.17) is 4.74 Å². The van der Waals surface area contributed by atoms with Gasteiger partial charge in [-0.3, -0.25) is 0 Å². The van der Waals surface area contributed by atoms with Crippen molar-refractivity contribution in [3.63, 3.8) is 0 Å². The Hall–Kier alpha value is -2.64. The first-order chi connectivity index (χ1) is 8.81. The van der Waals surface area contributed by atoms with Gasteiger partial charge in [-0.25, -0.2) is 9.59 Å². The monoisotopic (exact) mass is 238 g/mol. The quantitative estimate of drug-likeness (QED) is 0.469. The highest BCUT2D eigenvalue weighted by Crippen LogP contribution is 2.14. The lowest BCUT2D eigenvalue weighted by atomic mass is 10.2. The molecule has 2 aromatic carbocycles. The van der Waals surface area contributed by atoms with Gasteiger partial charge in [0.15, 0.2) is 5.94 Å². The van der Waals surface area contributed by atoms with E-state index in [1.807, 2.05) is 6.07 Å². The molecule has 0 saturated heterocycles. The zero-order chi connectivity index (χ0) is 12.8. The van der Waals surface area contributed by atoms with Gasteiger partial charge in [-0.15, -0.1) is 0 Å². The summed E-state index contributed by atoms with van der Waals surface area (Å²) in [5.74, 6) is 0.964. The largest absolute Gasteiger partial charge is 0.410 e. The van der Waals surface area contributed by atoms with Gasteiger partial charge < -0.3 is 4.74 Å². The normalized spacial score (nSPS) is 9.33. The van der Waals surface area contributed by atoms with Crippen LogP contribution in [0.25, 0.3) is 5.76 Å². The van der Waals surface area contributed by atoms with Crippen molar-refractivity contribution in [3.8, 4) is 0 Å². The molecular weight excluding hydrogens is 228 g/mol. The van der Waals surface area contributed by atoms with Gasteiger partial charge >= 0.3 is 5.97 Å². The van der Waals surface area contributed by atoms with Crippen LogP contribution >= 0.6 is 0 Å². The molecular formula is C15H10O3. The van der Waals surface area contributed by atoms with E-state index in [2.05, 4.69) is 0 Å². The van der Waals surface area contributed by atoms with E-state index in [0.29, 0.717) is 11.1 Å². The zero-order valence-electron chi connectivity index (χ0n) is 9.50. The average Bonchev–Trinajstić information content (AvgIpc) is 2.46. The second kappa shape index (κ2) is 5.62. The van der Waals surface area contributed by atoms with Gasteiger partial charge in [0.2, 0.25) is 5.76 Å². The molecule has 0 aliphatic heterocycles. The van der Waals surface area contributed by atoms with Crippen LogP contribution in [0.2, 0.25) is 0 Å². The molecule has 3 heteroatoms. The van der Waals surface area contributed by atoms with Crippen LogP contribution in [0.5, 0.6) is 0 Å². The van der Waals surface area contributed by atoms with E-state index in [1.54, 1.807) is 60.5 Å². The molecule has 18 heavy (non-hydrogen) atoms. The number of esters is 1. The Morgan fingerprint density at radius 1 is 0.833 bits per heavy atom. The number of ether oxygens (including phenoxy) is 1. The number of rotatable bonds is 3. The molecule has 0 spiro atoms. The fraction of sp³-hybridized carbons (Fsp3) is 0. The lowest BCUT2D eigenvalue weighted by Gasteiger charge is -2.05. The SMILES string of the molecule is O=C=C(OC(=O)c1ccccc1)c1ccccc1. The molecule has 88 valence electrons. The highest BCUT2D eigenvalue weighted by atomic mass is 16.5. The van der Waals surface area contributed by atoms with Crippen molar-refractivity contribution in [2.45, 2.75) is 0 Å². The average molecular weight is 238 g/mol. The molecule has 0 aliphatic carbocycles. The summed E-state index contributed by atoms with van der Waals surface area (Å²) < 4.78 is 5.03. The zero-order valence-corrected chi connectivity index (χ0v) is 9.50. The van der Waals surface area contributed by atoms with Crippen LogP contribution in [0.4, 0.5) is 0 Å². The van der Waals surface area contributed by atoms with E-state index in [9.17, 15) is 9.59 Å². The molecule has 0 amide bonds. The first kappa shape index (κ1) is 11.8. The Morgan fingerprint density at radius 2 is 1.33 bits per heavy atom. The van der Waals surface area contributed by atoms with Crippen LogP contribution in [0.1, 0.15) is 15.9 Å². The molecule has 0 heterocycles. The lowest BCUT2D eigenvalue weighted by molar-refractivity contribution is 0.0693. The second-order valence-electron chi connectivity index (χ2n) is 3.55. The first-order valence-corrected chi connectivity index (χ1v) is 5.39. The summed E-state index contributed by atoms with van der Waals surface area (Å²) in [6.07, 6.45) is 0. The summed E-state index contributed by atoms with van der Waals surface area (Å²) in [6.45, 7) is 0. The summed E-state index contributed by atoms with van der Waals surface area (Å²) in [5.41, 5.74) is 0.915. The van der Waals surface area contributed by atoms with Gasteiger partial charge in [-0.1, -0.05) is 48.5 Å². The molecule has 2 rings (SSSR count). The summed E-state index contributed by atoms with van der Waals surface area (Å²) in [5, 5.41) is 0. The van der Waals surface area contributed by atoms with Crippen LogP contribution in [-0.2, 0) is 9.53 Å². The third-order valence-electron chi connectivity index (χ3n) is 2.33. The lowest BCUT2D eigenvalue weighted by Crippen LogP contribution is -2.04. The van der Waals surface area contributed by atoms with E-state index in [1.165, 1.54) is 0 Å². The molecule has 3 nitrogen and oxygen atoms in total. The summed E-state index contributed by atoms with van der Waals surface area (Å²) in [6, 6.07) is 17.2. The molecule has 0 unspecified atom stereocenters. The van der Waals surface area contributed by atoms with Crippen molar-refractivity contribution in [3.05, 3.63) is 71.8 Å². The highest BCUT2D eigenvalue weighted by molar-refractivity contribution is 5.97. The smallest absolute Gasteiger partial charge is 0.344 e. The van der Waals surface area contributed by atoms with Gasteiger partial charge in [0.1, 0.15) is 0 Å². The van der Waals surface area contributed by atoms with Crippen molar-refractivity contribution < 1.29 is 14.3 Å². The maximum atomic E-state index is 11.8. The number of benzene rings is 2. The fourth-order valence-electron chi connectivity index (χ4n) is 1.45. The van der Waals surface area contributed by atoms with E-state index >= 15 is 0 Å². The Kier molecular flexibility index (Phi) is 3.69. The molecule has 0 aromatic heterocycles. The Balaban J connectivity index is 2.19. The maximum absolute atomic E-state index is 11.8. The van der Waals surface area contributed by atoms with Gasteiger partial charge in [0.25, 0.3) is 0 Å². The first-order valence-electron chi connectivity index (χ1n) is 5.39. The van der Waals surface area contributed by atoms with E-state index in [0.717, 1.165) is 0 Å². The minimum Gasteiger partial charge on any atom is -0.410 e. The molecule has 0 bridgehead atoms. The number of hydrogen-bond donors (Lipinski definition) is 0. The fourth-order valence-corrected chi connectivity index (χ4v) is 1.45. The number of carbonyl (C=O) groups excluding carboxylic acids is 2. The van der Waals surface area contributed by atoms with Crippen LogP contribution in [0.15, 0.2) is 60.7 Å². The summed E-state index contributed by atoms with van der Waals surface area (Å²) >= 11 is 0. The minimum absolute atomic E-state index is 0.107. The molecule has 0 N–H and O–H groups in total. The topological polar surface area (TPSA) is 43.4 Å². The standard InChI is InChI=1S/C15H10O3/c16-11-14(12-7-3-1-4-8-12)18-15(17)13-9-5-2-6-10-13/h1-10H. The highest BCUT2D eigenvalue weighted by Gasteiger charge is 2.12. The second-order valence-corrected chi connectivity index (χ2v) is 3.55. The Bertz CT molecular complexity index is 582. The van der Waals surface area contributed by atoms with Gasteiger partial charge in [-0.2, -0.15) is 0 Å². The summed E-state index contributed by atoms with van der Waals surface area (Å²) in [4.78, 5) is 22.6. The van der Waals surface area contributed by atoms with Crippen molar-refractivity contribution in [1.82, 2.24) is 0 Å². The predicted molar refractivity (Wildman–Crippen MR) is 67.4 cm³/mol. The molecule has 0 radical (unpaired) electrons. The van der Waals surface area contributed by atoms with Gasteiger partial charge in [0.05, 0.1) is 5.56 Å². The van der Waals surface area contributed by atoms with Crippen LogP contribution < -0.4 is 0 Å². The molecule has 0 saturated carbocycles. The van der Waals surface area contributed by atoms with Crippen molar-refractivity contribution in [2.75, 3.05) is 0 Å². The number of hydrogen-bond acceptors (Lipinski definition) is 3. The van der Waals surface area contributed by atoms with E-state index in [-0.39, 0.29) is 5.76 Å². The van der Waals surface area contributed by atoms with Gasteiger partial charge in [-0.05, 0) is 12.1 Å².